The summed E-state index contributed by atoms with van der Waals surface area (Å²) >= 11 is 0. The van der Waals surface area contributed by atoms with E-state index in [1.165, 1.54) is 0 Å². The monoisotopic (exact) mass is 163 g/mol. The summed E-state index contributed by atoms with van der Waals surface area (Å²) in [5, 5.41) is 9.34. The summed E-state index contributed by atoms with van der Waals surface area (Å²) < 4.78 is 5.31. The maximum absolute atomic E-state index is 9.34. The van der Waals surface area contributed by atoms with Gasteiger partial charge < -0.3 is 9.52 Å². The van der Waals surface area contributed by atoms with E-state index in [-0.39, 0.29) is 5.75 Å². The average molecular weight is 163 g/mol. The van der Waals surface area contributed by atoms with Gasteiger partial charge >= 0.3 is 0 Å². The fourth-order valence-electron chi connectivity index (χ4n) is 1.22. The fourth-order valence-corrected chi connectivity index (χ4v) is 1.22. The molecule has 0 spiro atoms. The minimum Gasteiger partial charge on any atom is -0.508 e. The molecule has 0 atom stereocenters. The summed E-state index contributed by atoms with van der Waals surface area (Å²) in [5.74, 6) is 0.873. The van der Waals surface area contributed by atoms with Gasteiger partial charge in [0.1, 0.15) is 11.3 Å². The SMILES string of the molecule is Cc1nc2ccc(O)c(C)c2o1. The topological polar surface area (TPSA) is 46.3 Å². The van der Waals surface area contributed by atoms with Gasteiger partial charge in [-0.25, -0.2) is 4.98 Å². The Kier molecular flexibility index (Phi) is 1.33. The third-order valence-electron chi connectivity index (χ3n) is 1.88. The molecule has 3 heteroatoms. The van der Waals surface area contributed by atoms with E-state index in [0.29, 0.717) is 11.5 Å². The lowest BCUT2D eigenvalue weighted by Crippen LogP contribution is -1.75. The van der Waals surface area contributed by atoms with E-state index in [2.05, 4.69) is 4.98 Å². The molecule has 1 N–H and O–H groups in total. The zero-order valence-electron chi connectivity index (χ0n) is 6.96. The second-order valence-electron chi connectivity index (χ2n) is 2.79. The molecule has 3 nitrogen and oxygen atoms in total. The van der Waals surface area contributed by atoms with Gasteiger partial charge in [-0.05, 0) is 19.1 Å². The molecule has 0 bridgehead atoms. The Morgan fingerprint density at radius 2 is 2.08 bits per heavy atom. The molecule has 62 valence electrons. The summed E-state index contributed by atoms with van der Waals surface area (Å²) in [5.41, 5.74) is 2.21. The highest BCUT2D eigenvalue weighted by atomic mass is 16.3. The van der Waals surface area contributed by atoms with Crippen LogP contribution in [0.3, 0.4) is 0 Å². The first kappa shape index (κ1) is 7.16. The standard InChI is InChI=1S/C9H9NO2/c1-5-8(11)4-3-7-9(5)12-6(2)10-7/h3-4,11H,1-2H3. The molecule has 0 saturated carbocycles. The third-order valence-corrected chi connectivity index (χ3v) is 1.88. The second-order valence-corrected chi connectivity index (χ2v) is 2.79. The van der Waals surface area contributed by atoms with Gasteiger partial charge in [-0.15, -0.1) is 0 Å². The van der Waals surface area contributed by atoms with Crippen LogP contribution in [0.4, 0.5) is 0 Å². The van der Waals surface area contributed by atoms with Crippen LogP contribution in [0.25, 0.3) is 11.1 Å². The van der Waals surface area contributed by atoms with Gasteiger partial charge in [0.05, 0.1) is 0 Å². The number of phenolic OH excluding ortho intramolecular Hbond substituents is 1. The van der Waals surface area contributed by atoms with Crippen molar-refractivity contribution in [1.29, 1.82) is 0 Å². The number of hydrogen-bond acceptors (Lipinski definition) is 3. The molecule has 12 heavy (non-hydrogen) atoms. The van der Waals surface area contributed by atoms with Gasteiger partial charge in [0, 0.05) is 12.5 Å². The molecule has 1 aromatic carbocycles. The lowest BCUT2D eigenvalue weighted by atomic mass is 10.2. The van der Waals surface area contributed by atoms with Crippen LogP contribution in [-0.4, -0.2) is 10.1 Å². The molecule has 0 saturated heterocycles. The van der Waals surface area contributed by atoms with Crippen molar-refractivity contribution < 1.29 is 9.52 Å². The van der Waals surface area contributed by atoms with Crippen molar-refractivity contribution in [3.63, 3.8) is 0 Å². The van der Waals surface area contributed by atoms with Crippen LogP contribution < -0.4 is 0 Å². The molecule has 2 rings (SSSR count). The first-order chi connectivity index (χ1) is 5.68. The summed E-state index contributed by atoms with van der Waals surface area (Å²) in [7, 11) is 0. The summed E-state index contributed by atoms with van der Waals surface area (Å²) in [6.07, 6.45) is 0. The highest BCUT2D eigenvalue weighted by Crippen LogP contribution is 2.26. The second kappa shape index (κ2) is 2.24. The Morgan fingerprint density at radius 3 is 2.83 bits per heavy atom. The van der Waals surface area contributed by atoms with Crippen molar-refractivity contribution in [2.45, 2.75) is 13.8 Å². The Bertz CT molecular complexity index is 431. The highest BCUT2D eigenvalue weighted by molar-refractivity contribution is 5.78. The molecular weight excluding hydrogens is 154 g/mol. The van der Waals surface area contributed by atoms with E-state index >= 15 is 0 Å². The highest BCUT2D eigenvalue weighted by Gasteiger charge is 2.07. The number of aryl methyl sites for hydroxylation is 2. The van der Waals surface area contributed by atoms with E-state index in [0.717, 1.165) is 11.1 Å². The smallest absolute Gasteiger partial charge is 0.192 e. The number of benzene rings is 1. The zero-order valence-corrected chi connectivity index (χ0v) is 6.96. The number of aromatic hydroxyl groups is 1. The van der Waals surface area contributed by atoms with Gasteiger partial charge in [-0.3, -0.25) is 0 Å². The number of rotatable bonds is 0. The normalized spacial score (nSPS) is 10.8. The Balaban J connectivity index is 2.89. The number of fused-ring (bicyclic) bond motifs is 1. The van der Waals surface area contributed by atoms with Crippen molar-refractivity contribution in [1.82, 2.24) is 4.98 Å². The molecule has 0 radical (unpaired) electrons. The molecular formula is C9H9NO2. The molecule has 0 fully saturated rings. The maximum Gasteiger partial charge on any atom is 0.192 e. The van der Waals surface area contributed by atoms with Gasteiger partial charge in [-0.1, -0.05) is 0 Å². The number of nitrogens with zero attached hydrogens (tertiary/aromatic N) is 1. The molecule has 1 heterocycles. The number of hydrogen-bond donors (Lipinski definition) is 1. The average Bonchev–Trinajstić information content (AvgIpc) is 2.39. The van der Waals surface area contributed by atoms with Crippen molar-refractivity contribution >= 4 is 11.1 Å². The van der Waals surface area contributed by atoms with Crippen LogP contribution in [0.5, 0.6) is 5.75 Å². The lowest BCUT2D eigenvalue weighted by Gasteiger charge is -1.95. The van der Waals surface area contributed by atoms with Crippen LogP contribution in [0, 0.1) is 13.8 Å². The Labute approximate surface area is 69.7 Å². The Morgan fingerprint density at radius 1 is 1.33 bits per heavy atom. The van der Waals surface area contributed by atoms with Crippen LogP contribution >= 0.6 is 0 Å². The number of aromatic nitrogens is 1. The van der Waals surface area contributed by atoms with Gasteiger partial charge in [0.2, 0.25) is 0 Å². The first-order valence-corrected chi connectivity index (χ1v) is 3.74. The van der Waals surface area contributed by atoms with Crippen LogP contribution in [0.1, 0.15) is 11.5 Å². The third kappa shape index (κ3) is 0.863. The minimum atomic E-state index is 0.249. The first-order valence-electron chi connectivity index (χ1n) is 3.74. The molecule has 2 aromatic rings. The molecule has 0 aliphatic heterocycles. The van der Waals surface area contributed by atoms with Crippen LogP contribution in [0.2, 0.25) is 0 Å². The summed E-state index contributed by atoms with van der Waals surface area (Å²) in [4.78, 5) is 4.14. The van der Waals surface area contributed by atoms with Crippen LogP contribution in [-0.2, 0) is 0 Å². The summed E-state index contributed by atoms with van der Waals surface area (Å²) in [6, 6.07) is 3.37. The molecule has 0 aliphatic carbocycles. The molecule has 0 unspecified atom stereocenters. The van der Waals surface area contributed by atoms with Crippen molar-refractivity contribution in [3.05, 3.63) is 23.6 Å². The largest absolute Gasteiger partial charge is 0.508 e. The number of oxazole rings is 1. The van der Waals surface area contributed by atoms with Gasteiger partial charge in [0.15, 0.2) is 11.5 Å². The van der Waals surface area contributed by atoms with E-state index in [1.807, 2.05) is 6.92 Å². The predicted molar refractivity (Wildman–Crippen MR) is 45.1 cm³/mol. The zero-order chi connectivity index (χ0) is 8.72. The van der Waals surface area contributed by atoms with Crippen molar-refractivity contribution in [2.24, 2.45) is 0 Å². The van der Waals surface area contributed by atoms with E-state index < -0.39 is 0 Å². The number of phenols is 1. The van der Waals surface area contributed by atoms with Crippen molar-refractivity contribution in [3.8, 4) is 5.75 Å². The molecule has 0 amide bonds. The van der Waals surface area contributed by atoms with E-state index in [4.69, 9.17) is 4.42 Å². The Hall–Kier alpha value is -1.51. The van der Waals surface area contributed by atoms with Crippen LogP contribution in [0.15, 0.2) is 16.5 Å². The van der Waals surface area contributed by atoms with Crippen molar-refractivity contribution in [2.75, 3.05) is 0 Å². The van der Waals surface area contributed by atoms with Gasteiger partial charge in [0.25, 0.3) is 0 Å². The van der Waals surface area contributed by atoms with E-state index in [1.54, 1.807) is 19.1 Å². The van der Waals surface area contributed by atoms with E-state index in [9.17, 15) is 5.11 Å². The van der Waals surface area contributed by atoms with Gasteiger partial charge in [-0.2, -0.15) is 0 Å². The predicted octanol–water partition coefficient (Wildman–Crippen LogP) is 2.15. The maximum atomic E-state index is 9.34. The fraction of sp³-hybridized carbons (Fsp3) is 0.222. The molecule has 1 aromatic heterocycles. The minimum absolute atomic E-state index is 0.249. The lowest BCUT2D eigenvalue weighted by molar-refractivity contribution is 0.469. The quantitative estimate of drug-likeness (QED) is 0.647. The summed E-state index contributed by atoms with van der Waals surface area (Å²) in [6.45, 7) is 3.60. The molecule has 0 aliphatic rings.